The van der Waals surface area contributed by atoms with Crippen molar-refractivity contribution in [3.05, 3.63) is 23.2 Å². The number of urea groups is 1. The maximum absolute atomic E-state index is 11.8. The highest BCUT2D eigenvalue weighted by molar-refractivity contribution is 5.73. The summed E-state index contributed by atoms with van der Waals surface area (Å²) in [5, 5.41) is 5.82. The number of carbonyl (C=O) groups excluding carboxylic acids is 1. The van der Waals surface area contributed by atoms with Gasteiger partial charge in [0.2, 0.25) is 0 Å². The van der Waals surface area contributed by atoms with Crippen LogP contribution in [-0.2, 0) is 6.54 Å². The second kappa shape index (κ2) is 8.39. The third-order valence-electron chi connectivity index (χ3n) is 4.46. The van der Waals surface area contributed by atoms with Crippen LogP contribution in [0.5, 0.6) is 0 Å². The molecule has 2 heterocycles. The number of aryl methyl sites for hydroxylation is 2. The van der Waals surface area contributed by atoms with Gasteiger partial charge in [-0.2, -0.15) is 0 Å². The van der Waals surface area contributed by atoms with Crippen molar-refractivity contribution in [3.63, 3.8) is 0 Å². The topological polar surface area (TPSA) is 57.5 Å². The first-order chi connectivity index (χ1) is 10.9. The normalized spacial score (nSPS) is 22.1. The molecule has 2 N–H and O–H groups in total. The Morgan fingerprint density at radius 2 is 1.96 bits per heavy atom. The monoisotopic (exact) mass is 321 g/mol. The molecule has 1 fully saturated rings. The van der Waals surface area contributed by atoms with Gasteiger partial charge in [-0.1, -0.05) is 13.8 Å². The average molecular weight is 321 g/mol. The van der Waals surface area contributed by atoms with Crippen molar-refractivity contribution >= 4 is 6.03 Å². The Morgan fingerprint density at radius 1 is 1.26 bits per heavy atom. The Hall–Kier alpha value is -1.49. The number of nitrogens with zero attached hydrogens (tertiary/aromatic N) is 1. The Kier molecular flexibility index (Phi) is 6.51. The minimum absolute atomic E-state index is 0.108. The highest BCUT2D eigenvalue weighted by Gasteiger charge is 2.21. The number of hydrogen-bond acceptors (Lipinski definition) is 3. The van der Waals surface area contributed by atoms with E-state index in [4.69, 9.17) is 4.42 Å². The first-order valence-electron chi connectivity index (χ1n) is 8.74. The molecule has 0 radical (unpaired) electrons. The Morgan fingerprint density at radius 3 is 2.57 bits per heavy atom. The first-order valence-corrected chi connectivity index (χ1v) is 8.74. The molecule has 1 aromatic rings. The van der Waals surface area contributed by atoms with Gasteiger partial charge < -0.3 is 20.0 Å². The fourth-order valence-electron chi connectivity index (χ4n) is 3.58. The first kappa shape index (κ1) is 17.9. The number of likely N-dealkylation sites (tertiary alicyclic amines) is 1. The Bertz CT molecular complexity index is 502. The van der Waals surface area contributed by atoms with Crippen molar-refractivity contribution in [1.29, 1.82) is 0 Å². The van der Waals surface area contributed by atoms with Crippen LogP contribution in [-0.4, -0.2) is 37.1 Å². The number of nitrogens with one attached hydrogen (secondary N) is 2. The van der Waals surface area contributed by atoms with Crippen LogP contribution in [0, 0.1) is 25.7 Å². The van der Waals surface area contributed by atoms with Crippen molar-refractivity contribution in [3.8, 4) is 0 Å². The molecule has 2 amide bonds. The molecule has 130 valence electrons. The molecule has 1 saturated heterocycles. The van der Waals surface area contributed by atoms with Crippen LogP contribution in [0.4, 0.5) is 4.79 Å². The Labute approximate surface area is 139 Å². The summed E-state index contributed by atoms with van der Waals surface area (Å²) in [6.45, 7) is 13.2. The highest BCUT2D eigenvalue weighted by Crippen LogP contribution is 2.20. The maximum Gasteiger partial charge on any atom is 0.315 e. The van der Waals surface area contributed by atoms with Crippen molar-refractivity contribution < 1.29 is 9.21 Å². The molecule has 1 aliphatic heterocycles. The molecule has 5 nitrogen and oxygen atoms in total. The zero-order valence-electron chi connectivity index (χ0n) is 14.9. The molecule has 1 aliphatic rings. The summed E-state index contributed by atoms with van der Waals surface area (Å²) in [7, 11) is 0. The van der Waals surface area contributed by atoms with Crippen molar-refractivity contribution in [2.75, 3.05) is 26.2 Å². The fraction of sp³-hybridized carbons (Fsp3) is 0.722. The maximum atomic E-state index is 11.8. The summed E-state index contributed by atoms with van der Waals surface area (Å²) in [5.41, 5.74) is 1.04. The lowest BCUT2D eigenvalue weighted by atomic mass is 9.92. The molecular formula is C18H31N3O2. The second-order valence-electron chi connectivity index (χ2n) is 7.11. The van der Waals surface area contributed by atoms with E-state index in [0.29, 0.717) is 13.1 Å². The van der Waals surface area contributed by atoms with Crippen molar-refractivity contribution in [2.24, 2.45) is 11.8 Å². The van der Waals surface area contributed by atoms with E-state index in [1.165, 1.54) is 19.5 Å². The van der Waals surface area contributed by atoms with Gasteiger partial charge in [-0.3, -0.25) is 0 Å². The number of hydrogen-bond donors (Lipinski definition) is 2. The summed E-state index contributed by atoms with van der Waals surface area (Å²) in [6.07, 6.45) is 2.33. The number of piperidine rings is 1. The van der Waals surface area contributed by atoms with Gasteiger partial charge in [0, 0.05) is 31.7 Å². The van der Waals surface area contributed by atoms with Gasteiger partial charge in [-0.05, 0) is 51.1 Å². The standard InChI is InChI=1S/C18H31N3O2/c1-13-8-14(2)12-21(11-13)7-5-6-19-18(22)20-10-17-9-15(3)23-16(17)4/h9,13-14H,5-8,10-12H2,1-4H3,(H2,19,20,22). The van der Waals surface area contributed by atoms with E-state index >= 15 is 0 Å². The molecule has 5 heteroatoms. The number of rotatable bonds is 6. The lowest BCUT2D eigenvalue weighted by Crippen LogP contribution is -2.41. The SMILES string of the molecule is Cc1cc(CNC(=O)NCCCN2CC(C)CC(C)C2)c(C)o1. The molecule has 0 aromatic carbocycles. The van der Waals surface area contributed by atoms with E-state index in [9.17, 15) is 4.79 Å². The highest BCUT2D eigenvalue weighted by atomic mass is 16.3. The third kappa shape index (κ3) is 5.90. The van der Waals surface area contributed by atoms with Gasteiger partial charge in [0.25, 0.3) is 0 Å². The van der Waals surface area contributed by atoms with Gasteiger partial charge in [0.15, 0.2) is 0 Å². The summed E-state index contributed by atoms with van der Waals surface area (Å²) in [6, 6.07) is 1.86. The van der Waals surface area contributed by atoms with Crippen LogP contribution in [0.25, 0.3) is 0 Å². The summed E-state index contributed by atoms with van der Waals surface area (Å²) in [4.78, 5) is 14.3. The molecular weight excluding hydrogens is 290 g/mol. The zero-order chi connectivity index (χ0) is 16.8. The minimum Gasteiger partial charge on any atom is -0.466 e. The molecule has 2 atom stereocenters. The average Bonchev–Trinajstić information content (AvgIpc) is 2.78. The van der Waals surface area contributed by atoms with E-state index in [-0.39, 0.29) is 6.03 Å². The van der Waals surface area contributed by atoms with Crippen LogP contribution in [0.15, 0.2) is 10.5 Å². The molecule has 0 spiro atoms. The largest absolute Gasteiger partial charge is 0.466 e. The van der Waals surface area contributed by atoms with E-state index in [2.05, 4.69) is 29.4 Å². The number of furan rings is 1. The molecule has 0 saturated carbocycles. The summed E-state index contributed by atoms with van der Waals surface area (Å²) >= 11 is 0. The molecule has 1 aromatic heterocycles. The van der Waals surface area contributed by atoms with Gasteiger partial charge >= 0.3 is 6.03 Å². The predicted octanol–water partition coefficient (Wildman–Crippen LogP) is 3.06. The van der Waals surface area contributed by atoms with Crippen LogP contribution >= 0.6 is 0 Å². The predicted molar refractivity (Wildman–Crippen MR) is 92.4 cm³/mol. The van der Waals surface area contributed by atoms with Crippen LogP contribution < -0.4 is 10.6 Å². The smallest absolute Gasteiger partial charge is 0.315 e. The third-order valence-corrected chi connectivity index (χ3v) is 4.46. The van der Waals surface area contributed by atoms with Gasteiger partial charge in [-0.25, -0.2) is 4.79 Å². The number of carbonyl (C=O) groups is 1. The van der Waals surface area contributed by atoms with Crippen LogP contribution in [0.3, 0.4) is 0 Å². The minimum atomic E-state index is -0.108. The zero-order valence-corrected chi connectivity index (χ0v) is 14.9. The van der Waals surface area contributed by atoms with Crippen LogP contribution in [0.2, 0.25) is 0 Å². The van der Waals surface area contributed by atoms with E-state index in [1.54, 1.807) is 0 Å². The fourth-order valence-corrected chi connectivity index (χ4v) is 3.58. The number of amides is 2. The van der Waals surface area contributed by atoms with Crippen LogP contribution in [0.1, 0.15) is 43.8 Å². The van der Waals surface area contributed by atoms with Crippen molar-refractivity contribution in [1.82, 2.24) is 15.5 Å². The van der Waals surface area contributed by atoms with E-state index in [1.807, 2.05) is 19.9 Å². The molecule has 2 rings (SSSR count). The van der Waals surface area contributed by atoms with Crippen molar-refractivity contribution in [2.45, 2.75) is 47.1 Å². The Balaban J connectivity index is 1.59. The van der Waals surface area contributed by atoms with E-state index in [0.717, 1.165) is 41.9 Å². The molecule has 23 heavy (non-hydrogen) atoms. The summed E-state index contributed by atoms with van der Waals surface area (Å²) < 4.78 is 5.45. The quantitative estimate of drug-likeness (QED) is 0.792. The lowest BCUT2D eigenvalue weighted by Gasteiger charge is -2.34. The van der Waals surface area contributed by atoms with Gasteiger partial charge in [-0.15, -0.1) is 0 Å². The molecule has 0 aliphatic carbocycles. The lowest BCUT2D eigenvalue weighted by molar-refractivity contribution is 0.139. The van der Waals surface area contributed by atoms with Gasteiger partial charge in [0.1, 0.15) is 11.5 Å². The molecule has 0 bridgehead atoms. The van der Waals surface area contributed by atoms with Gasteiger partial charge in [0.05, 0.1) is 0 Å². The van der Waals surface area contributed by atoms with E-state index < -0.39 is 0 Å². The molecule has 2 unspecified atom stereocenters. The second-order valence-corrected chi connectivity index (χ2v) is 7.11. The summed E-state index contributed by atoms with van der Waals surface area (Å²) in [5.74, 6) is 3.33.